The van der Waals surface area contributed by atoms with Crippen molar-refractivity contribution in [3.63, 3.8) is 0 Å². The summed E-state index contributed by atoms with van der Waals surface area (Å²) >= 11 is 1.21. The van der Waals surface area contributed by atoms with Crippen LogP contribution >= 0.6 is 11.3 Å². The first-order valence-electron chi connectivity index (χ1n) is 9.81. The minimum Gasteiger partial charge on any atom is -0.504 e. The molecule has 2 bridgehead atoms. The van der Waals surface area contributed by atoms with Crippen LogP contribution in [0.15, 0.2) is 52.3 Å². The third kappa shape index (κ3) is 2.82. The van der Waals surface area contributed by atoms with Crippen LogP contribution in [-0.2, 0) is 4.79 Å². The highest BCUT2D eigenvalue weighted by Gasteiger charge is 2.53. The molecule has 31 heavy (non-hydrogen) atoms. The van der Waals surface area contributed by atoms with Gasteiger partial charge >= 0.3 is 0 Å². The molecule has 0 saturated heterocycles. The monoisotopic (exact) mass is 436 g/mol. The number of thiazole rings is 1. The van der Waals surface area contributed by atoms with Gasteiger partial charge in [-0.3, -0.25) is 14.2 Å². The SMILES string of the molecule is COc1cccc(C=c2sc3n(c2=O)C2c4ccccc4OC(C)(N=3)C2C(C)=O)c1O. The Bertz CT molecular complexity index is 1410. The van der Waals surface area contributed by atoms with Crippen molar-refractivity contribution >= 4 is 23.2 Å². The Kier molecular flexibility index (Phi) is 4.30. The molecule has 8 heteroatoms. The summed E-state index contributed by atoms with van der Waals surface area (Å²) in [6, 6.07) is 12.0. The molecule has 158 valence electrons. The van der Waals surface area contributed by atoms with Gasteiger partial charge in [-0.15, -0.1) is 0 Å². The predicted molar refractivity (Wildman–Crippen MR) is 115 cm³/mol. The Morgan fingerprint density at radius 1 is 1.29 bits per heavy atom. The van der Waals surface area contributed by atoms with Gasteiger partial charge in [-0.1, -0.05) is 41.7 Å². The van der Waals surface area contributed by atoms with Crippen molar-refractivity contribution in [1.29, 1.82) is 0 Å². The number of Topliss-reactive ketones (excluding diaryl/α,β-unsaturated/α-hetero) is 1. The number of para-hydroxylation sites is 2. The van der Waals surface area contributed by atoms with E-state index in [1.165, 1.54) is 25.4 Å². The van der Waals surface area contributed by atoms with E-state index in [1.54, 1.807) is 35.8 Å². The van der Waals surface area contributed by atoms with Gasteiger partial charge in [-0.05, 0) is 32.1 Å². The van der Waals surface area contributed by atoms with Crippen LogP contribution in [-0.4, -0.2) is 28.3 Å². The van der Waals surface area contributed by atoms with Crippen LogP contribution in [0.5, 0.6) is 17.2 Å². The zero-order chi connectivity index (χ0) is 21.9. The molecule has 0 amide bonds. The molecule has 1 aromatic heterocycles. The molecule has 0 aliphatic carbocycles. The van der Waals surface area contributed by atoms with Crippen LogP contribution in [0.2, 0.25) is 0 Å². The molecule has 2 aliphatic heterocycles. The lowest BCUT2D eigenvalue weighted by atomic mass is 9.79. The Labute approximate surface area is 181 Å². The minimum absolute atomic E-state index is 0.0429. The van der Waals surface area contributed by atoms with E-state index in [1.807, 2.05) is 24.3 Å². The fraction of sp³-hybridized carbons (Fsp3) is 0.261. The normalized spacial score (nSPS) is 23.9. The number of rotatable bonds is 3. The van der Waals surface area contributed by atoms with Gasteiger partial charge < -0.3 is 14.6 Å². The number of methoxy groups -OCH3 is 1. The molecular weight excluding hydrogens is 416 g/mol. The van der Waals surface area contributed by atoms with Gasteiger partial charge in [0.2, 0.25) is 5.72 Å². The van der Waals surface area contributed by atoms with E-state index in [9.17, 15) is 14.7 Å². The van der Waals surface area contributed by atoms with Crippen LogP contribution in [0.4, 0.5) is 0 Å². The molecule has 0 spiro atoms. The number of carbonyl (C=O) groups excluding carboxylic acids is 1. The average molecular weight is 436 g/mol. The molecule has 3 atom stereocenters. The zero-order valence-corrected chi connectivity index (χ0v) is 18.0. The van der Waals surface area contributed by atoms with Gasteiger partial charge in [0, 0.05) is 11.1 Å². The molecule has 5 rings (SSSR count). The van der Waals surface area contributed by atoms with E-state index in [0.29, 0.717) is 26.4 Å². The van der Waals surface area contributed by atoms with E-state index in [0.717, 1.165) is 5.56 Å². The summed E-state index contributed by atoms with van der Waals surface area (Å²) < 4.78 is 13.3. The number of hydrogen-bond acceptors (Lipinski definition) is 7. The Hall–Kier alpha value is -3.39. The first kappa shape index (κ1) is 19.6. The summed E-state index contributed by atoms with van der Waals surface area (Å²) in [5.74, 6) is 0.183. The smallest absolute Gasteiger partial charge is 0.270 e. The van der Waals surface area contributed by atoms with Crippen LogP contribution in [0, 0.1) is 5.92 Å². The quantitative estimate of drug-likeness (QED) is 0.678. The van der Waals surface area contributed by atoms with Crippen molar-refractivity contribution in [3.05, 3.63) is 73.3 Å². The van der Waals surface area contributed by atoms with Crippen LogP contribution in [0.25, 0.3) is 6.08 Å². The minimum atomic E-state index is -1.10. The summed E-state index contributed by atoms with van der Waals surface area (Å²) in [7, 11) is 1.47. The number of phenols is 1. The van der Waals surface area contributed by atoms with Crippen molar-refractivity contribution in [2.75, 3.05) is 7.11 Å². The maximum atomic E-state index is 13.5. The fourth-order valence-electron chi connectivity index (χ4n) is 4.52. The van der Waals surface area contributed by atoms with Gasteiger partial charge in [-0.25, -0.2) is 4.99 Å². The van der Waals surface area contributed by atoms with Gasteiger partial charge in [-0.2, -0.15) is 0 Å². The van der Waals surface area contributed by atoms with Crippen molar-refractivity contribution in [2.45, 2.75) is 25.6 Å². The zero-order valence-electron chi connectivity index (χ0n) is 17.2. The number of fused-ring (bicyclic) bond motifs is 6. The molecule has 2 aliphatic rings. The summed E-state index contributed by atoms with van der Waals surface area (Å²) in [6.45, 7) is 3.29. The second-order valence-corrected chi connectivity index (χ2v) is 8.82. The summed E-state index contributed by atoms with van der Waals surface area (Å²) in [5.41, 5.74) is -0.116. The largest absolute Gasteiger partial charge is 0.504 e. The van der Waals surface area contributed by atoms with Crippen LogP contribution in [0.3, 0.4) is 0 Å². The molecule has 3 aromatic rings. The van der Waals surface area contributed by atoms with Crippen molar-refractivity contribution in [2.24, 2.45) is 10.9 Å². The summed E-state index contributed by atoms with van der Waals surface area (Å²) in [5, 5.41) is 10.4. The highest BCUT2D eigenvalue weighted by Crippen LogP contribution is 2.47. The topological polar surface area (TPSA) is 90.1 Å². The first-order chi connectivity index (χ1) is 14.8. The number of phenolic OH excluding ortho intramolecular Hbond substituents is 1. The lowest BCUT2D eigenvalue weighted by Gasteiger charge is -2.45. The number of nitrogens with zero attached hydrogens (tertiary/aromatic N) is 2. The van der Waals surface area contributed by atoms with E-state index in [4.69, 9.17) is 14.5 Å². The molecule has 1 N–H and O–H groups in total. The maximum absolute atomic E-state index is 13.5. The number of aromatic hydroxyl groups is 1. The second-order valence-electron chi connectivity index (χ2n) is 7.81. The van der Waals surface area contributed by atoms with Gasteiger partial charge in [0.1, 0.15) is 17.5 Å². The molecular formula is C23H20N2O5S. The number of ether oxygens (including phenoxy) is 2. The van der Waals surface area contributed by atoms with Crippen molar-refractivity contribution < 1.29 is 19.4 Å². The number of carbonyl (C=O) groups is 1. The molecule has 2 aromatic carbocycles. The third-order valence-corrected chi connectivity index (χ3v) is 6.84. The lowest BCUT2D eigenvalue weighted by Crippen LogP contribution is -2.58. The standard InChI is InChI=1S/C23H20N2O5S/c1-12(26)18-19-14-8-4-5-9-15(14)30-23(18,2)24-22-25(19)21(28)17(31-22)11-13-7-6-10-16(29-3)20(13)27/h4-11,18-19,27H,1-3H3. The molecule has 0 saturated carbocycles. The summed E-state index contributed by atoms with van der Waals surface area (Å²) in [6.07, 6.45) is 1.62. The number of ketones is 1. The fourth-order valence-corrected chi connectivity index (χ4v) is 5.61. The Balaban J connectivity index is 1.80. The number of benzene rings is 2. The lowest BCUT2D eigenvalue weighted by molar-refractivity contribution is -0.132. The molecule has 3 heterocycles. The van der Waals surface area contributed by atoms with Crippen molar-refractivity contribution in [3.8, 4) is 17.2 Å². The van der Waals surface area contributed by atoms with E-state index >= 15 is 0 Å². The molecule has 7 nitrogen and oxygen atoms in total. The Morgan fingerprint density at radius 2 is 2.06 bits per heavy atom. The van der Waals surface area contributed by atoms with E-state index < -0.39 is 17.7 Å². The van der Waals surface area contributed by atoms with E-state index in [-0.39, 0.29) is 17.1 Å². The van der Waals surface area contributed by atoms with Gasteiger partial charge in [0.05, 0.1) is 17.7 Å². The maximum Gasteiger partial charge on any atom is 0.270 e. The Morgan fingerprint density at radius 3 is 2.81 bits per heavy atom. The predicted octanol–water partition coefficient (Wildman–Crippen LogP) is 1.99. The van der Waals surface area contributed by atoms with Crippen molar-refractivity contribution in [1.82, 2.24) is 4.57 Å². The second kappa shape index (κ2) is 6.81. The van der Waals surface area contributed by atoms with Gasteiger partial charge in [0.25, 0.3) is 5.56 Å². The third-order valence-electron chi connectivity index (χ3n) is 5.85. The number of hydrogen-bond donors (Lipinski definition) is 1. The molecule has 0 fully saturated rings. The van der Waals surface area contributed by atoms with Gasteiger partial charge in [0.15, 0.2) is 16.3 Å². The van der Waals surface area contributed by atoms with Crippen LogP contribution in [0.1, 0.15) is 31.0 Å². The molecule has 0 radical (unpaired) electrons. The highest BCUT2D eigenvalue weighted by atomic mass is 32.1. The van der Waals surface area contributed by atoms with Crippen LogP contribution < -0.4 is 24.4 Å². The molecule has 3 unspecified atom stereocenters. The summed E-state index contributed by atoms with van der Waals surface area (Å²) in [4.78, 5) is 31.3. The number of aromatic nitrogens is 1. The first-order valence-corrected chi connectivity index (χ1v) is 10.6. The highest BCUT2D eigenvalue weighted by molar-refractivity contribution is 7.07. The average Bonchev–Trinajstić information content (AvgIpc) is 3.02. The van der Waals surface area contributed by atoms with E-state index in [2.05, 4.69) is 0 Å².